The Morgan fingerprint density at radius 3 is 3.00 bits per heavy atom. The maximum Gasteiger partial charge on any atom is 0.220 e. The van der Waals surface area contributed by atoms with Gasteiger partial charge in [0.2, 0.25) is 5.91 Å². The van der Waals surface area contributed by atoms with Gasteiger partial charge in [0.25, 0.3) is 0 Å². The predicted octanol–water partition coefficient (Wildman–Crippen LogP) is 2.22. The van der Waals surface area contributed by atoms with Crippen LogP contribution in [0.2, 0.25) is 0 Å². The molecule has 19 heavy (non-hydrogen) atoms. The average molecular weight is 260 g/mol. The van der Waals surface area contributed by atoms with Crippen molar-refractivity contribution in [3.63, 3.8) is 0 Å². The van der Waals surface area contributed by atoms with Crippen molar-refractivity contribution < 1.29 is 4.79 Å². The Balaban J connectivity index is 1.91. The summed E-state index contributed by atoms with van der Waals surface area (Å²) in [5, 5.41) is 6.13. The molecule has 0 aliphatic heterocycles. The number of carbonyl (C=O) groups is 1. The van der Waals surface area contributed by atoms with Gasteiger partial charge in [-0.3, -0.25) is 4.79 Å². The first-order valence-corrected chi connectivity index (χ1v) is 7.22. The topological polar surface area (TPSA) is 41.1 Å². The monoisotopic (exact) mass is 260 g/mol. The Bertz CT molecular complexity index is 431. The Labute approximate surface area is 115 Å². The van der Waals surface area contributed by atoms with E-state index in [0.717, 1.165) is 12.8 Å². The molecule has 0 aromatic heterocycles. The molecule has 1 aromatic carbocycles. The van der Waals surface area contributed by atoms with Gasteiger partial charge in [-0.2, -0.15) is 0 Å². The van der Waals surface area contributed by atoms with Crippen LogP contribution in [0.4, 0.5) is 0 Å². The molecule has 0 saturated carbocycles. The molecule has 0 saturated heterocycles. The van der Waals surface area contributed by atoms with Crippen LogP contribution in [-0.4, -0.2) is 25.5 Å². The number of amides is 1. The van der Waals surface area contributed by atoms with E-state index in [-0.39, 0.29) is 5.91 Å². The summed E-state index contributed by atoms with van der Waals surface area (Å²) in [5.74, 6) is 0.568. The highest BCUT2D eigenvalue weighted by atomic mass is 16.1. The minimum atomic E-state index is 0.170. The third-order valence-electron chi connectivity index (χ3n) is 4.02. The van der Waals surface area contributed by atoms with Gasteiger partial charge in [0.05, 0.1) is 0 Å². The van der Waals surface area contributed by atoms with Crippen LogP contribution < -0.4 is 10.6 Å². The van der Waals surface area contributed by atoms with Crippen molar-refractivity contribution in [2.24, 2.45) is 0 Å². The summed E-state index contributed by atoms with van der Waals surface area (Å²) in [5.41, 5.74) is 2.81. The molecule has 2 N–H and O–H groups in total. The van der Waals surface area contributed by atoms with E-state index in [2.05, 4.69) is 41.8 Å². The van der Waals surface area contributed by atoms with Gasteiger partial charge in [-0.1, -0.05) is 24.3 Å². The summed E-state index contributed by atoms with van der Waals surface area (Å²) in [6.45, 7) is 2.76. The molecule has 2 atom stereocenters. The van der Waals surface area contributed by atoms with E-state index in [0.29, 0.717) is 24.9 Å². The zero-order valence-electron chi connectivity index (χ0n) is 11.9. The highest BCUT2D eigenvalue weighted by Crippen LogP contribution is 2.33. The van der Waals surface area contributed by atoms with Crippen molar-refractivity contribution in [3.05, 3.63) is 35.4 Å². The van der Waals surface area contributed by atoms with Crippen LogP contribution in [0, 0.1) is 0 Å². The van der Waals surface area contributed by atoms with Gasteiger partial charge in [-0.05, 0) is 50.3 Å². The van der Waals surface area contributed by atoms with Crippen LogP contribution in [0.25, 0.3) is 0 Å². The van der Waals surface area contributed by atoms with E-state index in [1.807, 2.05) is 7.05 Å². The number of nitrogens with one attached hydrogen (secondary N) is 2. The Kier molecular flexibility index (Phi) is 4.97. The van der Waals surface area contributed by atoms with Gasteiger partial charge in [0.15, 0.2) is 0 Å². The zero-order valence-corrected chi connectivity index (χ0v) is 11.9. The molecule has 1 aromatic rings. The van der Waals surface area contributed by atoms with Gasteiger partial charge in [-0.15, -0.1) is 0 Å². The number of hydrogen-bond donors (Lipinski definition) is 2. The Hall–Kier alpha value is -1.35. The van der Waals surface area contributed by atoms with Gasteiger partial charge in [0.1, 0.15) is 0 Å². The van der Waals surface area contributed by atoms with Gasteiger partial charge >= 0.3 is 0 Å². The maximum absolute atomic E-state index is 12.0. The third-order valence-corrected chi connectivity index (χ3v) is 4.02. The fraction of sp³-hybridized carbons (Fsp3) is 0.562. The molecule has 0 radical (unpaired) electrons. The predicted molar refractivity (Wildman–Crippen MR) is 78.3 cm³/mol. The molecule has 0 fully saturated rings. The summed E-state index contributed by atoms with van der Waals surface area (Å²) in [4.78, 5) is 12.0. The van der Waals surface area contributed by atoms with Crippen LogP contribution in [-0.2, 0) is 11.2 Å². The standard InChI is InChI=1S/C16H24N2O/c1-12(17-2)11-18-16(19)10-14-8-5-7-13-6-3-4-9-15(13)14/h3-4,6,9,12,14,17H,5,7-8,10-11H2,1-2H3,(H,18,19). The fourth-order valence-electron chi connectivity index (χ4n) is 2.73. The van der Waals surface area contributed by atoms with Gasteiger partial charge in [-0.25, -0.2) is 0 Å². The lowest BCUT2D eigenvalue weighted by Gasteiger charge is -2.25. The first kappa shape index (κ1) is 14.1. The lowest BCUT2D eigenvalue weighted by atomic mass is 9.81. The number of benzene rings is 1. The van der Waals surface area contributed by atoms with Crippen molar-refractivity contribution in [1.82, 2.24) is 10.6 Å². The molecule has 0 heterocycles. The summed E-state index contributed by atoms with van der Waals surface area (Å²) in [7, 11) is 1.91. The van der Waals surface area contributed by atoms with Crippen LogP contribution >= 0.6 is 0 Å². The molecule has 104 valence electrons. The molecular weight excluding hydrogens is 236 g/mol. The van der Waals surface area contributed by atoms with Crippen molar-refractivity contribution in [2.75, 3.05) is 13.6 Å². The Morgan fingerprint density at radius 2 is 2.21 bits per heavy atom. The average Bonchev–Trinajstić information content (AvgIpc) is 2.45. The molecule has 2 rings (SSSR count). The molecule has 1 aliphatic carbocycles. The quantitative estimate of drug-likeness (QED) is 0.852. The van der Waals surface area contributed by atoms with Crippen molar-refractivity contribution >= 4 is 5.91 Å². The normalized spacial score (nSPS) is 19.6. The van der Waals surface area contributed by atoms with Crippen LogP contribution in [0.15, 0.2) is 24.3 Å². The number of likely N-dealkylation sites (N-methyl/N-ethyl adjacent to an activating group) is 1. The third kappa shape index (κ3) is 3.80. The second kappa shape index (κ2) is 6.71. The number of aryl methyl sites for hydroxylation is 1. The van der Waals surface area contributed by atoms with E-state index in [1.54, 1.807) is 0 Å². The molecule has 0 spiro atoms. The van der Waals surface area contributed by atoms with E-state index in [4.69, 9.17) is 0 Å². The molecular formula is C16H24N2O. The number of carbonyl (C=O) groups excluding carboxylic acids is 1. The molecule has 3 heteroatoms. The van der Waals surface area contributed by atoms with Crippen LogP contribution in [0.1, 0.15) is 43.2 Å². The largest absolute Gasteiger partial charge is 0.355 e. The molecule has 3 nitrogen and oxygen atoms in total. The fourth-order valence-corrected chi connectivity index (χ4v) is 2.73. The summed E-state index contributed by atoms with van der Waals surface area (Å²) >= 11 is 0. The van der Waals surface area contributed by atoms with Gasteiger partial charge < -0.3 is 10.6 Å². The van der Waals surface area contributed by atoms with Crippen molar-refractivity contribution in [3.8, 4) is 0 Å². The highest BCUT2D eigenvalue weighted by Gasteiger charge is 2.22. The lowest BCUT2D eigenvalue weighted by molar-refractivity contribution is -0.121. The number of rotatable bonds is 5. The zero-order chi connectivity index (χ0) is 13.7. The smallest absolute Gasteiger partial charge is 0.220 e. The van der Waals surface area contributed by atoms with Gasteiger partial charge in [0, 0.05) is 19.0 Å². The van der Waals surface area contributed by atoms with Crippen LogP contribution in [0.3, 0.4) is 0 Å². The first-order chi connectivity index (χ1) is 9.20. The molecule has 1 amide bonds. The van der Waals surface area contributed by atoms with E-state index >= 15 is 0 Å². The SMILES string of the molecule is CNC(C)CNC(=O)CC1CCCc2ccccc21. The second-order valence-corrected chi connectivity index (χ2v) is 5.49. The van der Waals surface area contributed by atoms with E-state index in [9.17, 15) is 4.79 Å². The molecule has 0 bridgehead atoms. The highest BCUT2D eigenvalue weighted by molar-refractivity contribution is 5.77. The Morgan fingerprint density at radius 1 is 1.42 bits per heavy atom. The lowest BCUT2D eigenvalue weighted by Crippen LogP contribution is -2.37. The van der Waals surface area contributed by atoms with Crippen molar-refractivity contribution in [2.45, 2.75) is 44.6 Å². The maximum atomic E-state index is 12.0. The minimum absolute atomic E-state index is 0.170. The first-order valence-electron chi connectivity index (χ1n) is 7.22. The van der Waals surface area contributed by atoms with E-state index < -0.39 is 0 Å². The minimum Gasteiger partial charge on any atom is -0.355 e. The molecule has 2 unspecified atom stereocenters. The summed E-state index contributed by atoms with van der Waals surface area (Å²) in [6, 6.07) is 8.88. The summed E-state index contributed by atoms with van der Waals surface area (Å²) in [6.07, 6.45) is 4.10. The number of fused-ring (bicyclic) bond motifs is 1. The second-order valence-electron chi connectivity index (χ2n) is 5.49. The van der Waals surface area contributed by atoms with Crippen LogP contribution in [0.5, 0.6) is 0 Å². The van der Waals surface area contributed by atoms with Crippen molar-refractivity contribution in [1.29, 1.82) is 0 Å². The molecule has 1 aliphatic rings. The van der Waals surface area contributed by atoms with E-state index in [1.165, 1.54) is 17.5 Å². The number of hydrogen-bond acceptors (Lipinski definition) is 2. The summed E-state index contributed by atoms with van der Waals surface area (Å²) < 4.78 is 0.